The number of benzene rings is 2. The molecule has 234 valence electrons. The number of hydrogen-bond donors (Lipinski definition) is 2. The van der Waals surface area contributed by atoms with E-state index >= 15 is 0 Å². The number of allylic oxidation sites excluding steroid dienone is 1. The molecule has 2 N–H and O–H groups in total. The normalized spacial score (nSPS) is 33.6. The minimum atomic E-state index is -1.58. The lowest BCUT2D eigenvalue weighted by Gasteiger charge is -2.60. The van der Waals surface area contributed by atoms with E-state index in [0.717, 1.165) is 53.7 Å². The number of aryl methyl sites for hydroxylation is 1. The van der Waals surface area contributed by atoms with Crippen LogP contribution < -0.4 is 4.74 Å². The maximum absolute atomic E-state index is 13.8. The first kappa shape index (κ1) is 28.6. The molecule has 3 fully saturated rings. The zero-order valence-electron chi connectivity index (χ0n) is 25.9. The van der Waals surface area contributed by atoms with Crippen LogP contribution in [0, 0.1) is 34.4 Å². The van der Waals surface area contributed by atoms with E-state index in [4.69, 9.17) is 4.74 Å². The number of aromatic nitrogens is 4. The Morgan fingerprint density at radius 2 is 1.91 bits per heavy atom. The van der Waals surface area contributed by atoms with Crippen molar-refractivity contribution in [2.45, 2.75) is 64.1 Å². The number of rotatable bonds is 5. The van der Waals surface area contributed by atoms with Crippen molar-refractivity contribution >= 4 is 22.9 Å². The van der Waals surface area contributed by atoms with E-state index < -0.39 is 17.1 Å². The zero-order valence-corrected chi connectivity index (χ0v) is 25.9. The summed E-state index contributed by atoms with van der Waals surface area (Å²) in [5.41, 5.74) is 3.34. The standard InChI is InChI=1S/C36H39FN4O4/c1-34-17-21-19-38-41(24-11-9-23(37)10-12-24)29(21)16-22(34)8-13-25-26-14-15-36(44,35(26,2)18-30(42)32(25)34)31(43)20-45-33-39-27-6-4-5-7-28(27)40(33)3/h4-7,9-12,16,19,25-26,30,32,42,44H,8,13-15,17-18,20H2,1-3H3/t25?,26?,30-,32?,34?,35?,36-/m0/s1. The van der Waals surface area contributed by atoms with Gasteiger partial charge < -0.3 is 14.9 Å². The maximum atomic E-state index is 13.8. The molecule has 0 amide bonds. The third-order valence-corrected chi connectivity index (χ3v) is 12.2. The smallest absolute Gasteiger partial charge is 0.297 e. The number of ether oxygens (including phenoxy) is 1. The molecule has 0 bridgehead atoms. The van der Waals surface area contributed by atoms with Gasteiger partial charge in [-0.1, -0.05) is 31.6 Å². The van der Waals surface area contributed by atoms with Gasteiger partial charge in [-0.2, -0.15) is 10.1 Å². The van der Waals surface area contributed by atoms with Crippen LogP contribution in [0.2, 0.25) is 0 Å². The second kappa shape index (κ2) is 9.84. The molecule has 8 nitrogen and oxygen atoms in total. The van der Waals surface area contributed by atoms with Crippen LogP contribution in [0.4, 0.5) is 4.39 Å². The molecule has 4 aromatic rings. The van der Waals surface area contributed by atoms with E-state index in [1.165, 1.54) is 17.7 Å². The fourth-order valence-corrected chi connectivity index (χ4v) is 9.94. The van der Waals surface area contributed by atoms with E-state index in [-0.39, 0.29) is 41.4 Å². The van der Waals surface area contributed by atoms with Gasteiger partial charge in [0.15, 0.2) is 6.61 Å². The highest BCUT2D eigenvalue weighted by molar-refractivity contribution is 5.90. The summed E-state index contributed by atoms with van der Waals surface area (Å²) in [6.07, 6.45) is 7.46. The van der Waals surface area contributed by atoms with Crippen molar-refractivity contribution in [3.8, 4) is 11.7 Å². The number of fused-ring (bicyclic) bond motifs is 7. The van der Waals surface area contributed by atoms with Crippen LogP contribution in [0.5, 0.6) is 6.01 Å². The molecule has 0 aliphatic heterocycles. The number of carbonyl (C=O) groups is 1. The number of aliphatic hydroxyl groups is 2. The Bertz CT molecular complexity index is 1860. The summed E-state index contributed by atoms with van der Waals surface area (Å²) in [5, 5.41) is 28.8. The van der Waals surface area contributed by atoms with E-state index in [1.807, 2.05) is 53.7 Å². The van der Waals surface area contributed by atoms with E-state index in [2.05, 4.69) is 23.1 Å². The summed E-state index contributed by atoms with van der Waals surface area (Å²) in [7, 11) is 1.85. The monoisotopic (exact) mass is 610 g/mol. The highest BCUT2D eigenvalue weighted by Gasteiger charge is 2.68. The molecule has 2 heterocycles. The van der Waals surface area contributed by atoms with E-state index in [1.54, 1.807) is 12.1 Å². The highest BCUT2D eigenvalue weighted by atomic mass is 19.1. The first-order valence-electron chi connectivity index (χ1n) is 16.1. The fourth-order valence-electron chi connectivity index (χ4n) is 9.94. The molecule has 0 radical (unpaired) electrons. The Balaban J connectivity index is 1.05. The molecular weight excluding hydrogens is 571 g/mol. The number of carbonyl (C=O) groups excluding carboxylic acids is 1. The molecule has 45 heavy (non-hydrogen) atoms. The molecule has 9 heteroatoms. The maximum Gasteiger partial charge on any atom is 0.297 e. The molecule has 3 saturated carbocycles. The van der Waals surface area contributed by atoms with Gasteiger partial charge in [0.1, 0.15) is 11.4 Å². The summed E-state index contributed by atoms with van der Waals surface area (Å²) in [4.78, 5) is 18.4. The van der Waals surface area contributed by atoms with Gasteiger partial charge in [0, 0.05) is 12.5 Å². The second-order valence-electron chi connectivity index (χ2n) is 14.3. The lowest BCUT2D eigenvalue weighted by molar-refractivity contribution is -0.180. The minimum absolute atomic E-state index is 0.00611. The third-order valence-electron chi connectivity index (χ3n) is 12.2. The molecule has 2 aromatic carbocycles. The van der Waals surface area contributed by atoms with Gasteiger partial charge in [-0.15, -0.1) is 0 Å². The summed E-state index contributed by atoms with van der Waals surface area (Å²) in [6.45, 7) is 4.01. The Morgan fingerprint density at radius 3 is 2.69 bits per heavy atom. The number of imidazole rings is 1. The average Bonchev–Trinajstić information content (AvgIpc) is 3.66. The van der Waals surface area contributed by atoms with E-state index in [0.29, 0.717) is 18.9 Å². The third kappa shape index (κ3) is 3.99. The molecule has 4 aliphatic carbocycles. The van der Waals surface area contributed by atoms with Crippen LogP contribution in [0.25, 0.3) is 22.8 Å². The lowest BCUT2D eigenvalue weighted by atomic mass is 9.45. The summed E-state index contributed by atoms with van der Waals surface area (Å²) >= 11 is 0. The van der Waals surface area contributed by atoms with Crippen LogP contribution in [-0.4, -0.2) is 53.6 Å². The number of hydrogen-bond acceptors (Lipinski definition) is 6. The molecule has 0 spiro atoms. The Kier molecular flexibility index (Phi) is 6.26. The molecule has 5 unspecified atom stereocenters. The number of aliphatic hydroxyl groups excluding tert-OH is 1. The van der Waals surface area contributed by atoms with Gasteiger partial charge in [0.25, 0.3) is 6.01 Å². The Labute approximate surface area is 261 Å². The van der Waals surface area contributed by atoms with Gasteiger partial charge in [-0.3, -0.25) is 9.36 Å². The number of halogens is 1. The second-order valence-corrected chi connectivity index (χ2v) is 14.3. The number of para-hydroxylation sites is 2. The van der Waals surface area contributed by atoms with Gasteiger partial charge in [0.05, 0.1) is 34.7 Å². The molecule has 8 rings (SSSR count). The zero-order chi connectivity index (χ0) is 31.3. The van der Waals surface area contributed by atoms with Crippen LogP contribution in [0.15, 0.2) is 60.3 Å². The van der Waals surface area contributed by atoms with E-state index in [9.17, 15) is 19.4 Å². The Morgan fingerprint density at radius 1 is 1.13 bits per heavy atom. The number of nitrogens with zero attached hydrogens (tertiary/aromatic N) is 4. The molecule has 7 atom stereocenters. The van der Waals surface area contributed by atoms with Gasteiger partial charge >= 0.3 is 0 Å². The van der Waals surface area contributed by atoms with Crippen LogP contribution in [-0.2, 0) is 18.3 Å². The van der Waals surface area contributed by atoms with Crippen molar-refractivity contribution < 1.29 is 24.1 Å². The van der Waals surface area contributed by atoms with Gasteiger partial charge in [-0.25, -0.2) is 9.07 Å². The van der Waals surface area contributed by atoms with Crippen LogP contribution >= 0.6 is 0 Å². The summed E-state index contributed by atoms with van der Waals surface area (Å²) in [5.74, 6) is -0.332. The van der Waals surface area contributed by atoms with Gasteiger partial charge in [0.2, 0.25) is 5.78 Å². The molecule has 0 saturated heterocycles. The van der Waals surface area contributed by atoms with Crippen molar-refractivity contribution in [1.29, 1.82) is 0 Å². The Hall–Kier alpha value is -3.82. The first-order valence-corrected chi connectivity index (χ1v) is 16.1. The summed E-state index contributed by atoms with van der Waals surface area (Å²) < 4.78 is 23.2. The number of ketones is 1. The lowest BCUT2D eigenvalue weighted by Crippen LogP contribution is -2.62. The quantitative estimate of drug-likeness (QED) is 0.313. The van der Waals surface area contributed by atoms with Crippen molar-refractivity contribution in [2.24, 2.45) is 35.6 Å². The first-order chi connectivity index (χ1) is 21.5. The van der Waals surface area contributed by atoms with Crippen molar-refractivity contribution in [3.63, 3.8) is 0 Å². The van der Waals surface area contributed by atoms with Gasteiger partial charge in [-0.05, 0) is 110 Å². The summed E-state index contributed by atoms with van der Waals surface area (Å²) in [6, 6.07) is 14.4. The van der Waals surface area contributed by atoms with Crippen molar-refractivity contribution in [2.75, 3.05) is 6.61 Å². The van der Waals surface area contributed by atoms with Crippen molar-refractivity contribution in [1.82, 2.24) is 19.3 Å². The predicted octanol–water partition coefficient (Wildman–Crippen LogP) is 5.43. The van der Waals surface area contributed by atoms with Crippen LogP contribution in [0.3, 0.4) is 0 Å². The fraction of sp³-hybridized carbons (Fsp3) is 0.472. The number of Topliss-reactive ketones (excluding diaryl/α,β-unsaturated/α-hetero) is 1. The topological polar surface area (TPSA) is 102 Å². The molecular formula is C36H39FN4O4. The van der Waals surface area contributed by atoms with Crippen LogP contribution in [0.1, 0.15) is 57.2 Å². The SMILES string of the molecule is Cn1c(OCC(=O)[C@@]2(O)CCC3C4CCC5=Cc6c(cnn6-c6ccc(F)cc6)CC5(C)C4[C@@H](O)CC32C)nc2ccccc21. The predicted molar refractivity (Wildman–Crippen MR) is 167 cm³/mol. The average molecular weight is 611 g/mol. The largest absolute Gasteiger partial charge is 0.457 e. The van der Waals surface area contributed by atoms with Crippen molar-refractivity contribution in [3.05, 3.63) is 77.4 Å². The molecule has 2 aromatic heterocycles. The minimum Gasteiger partial charge on any atom is -0.457 e. The highest BCUT2D eigenvalue weighted by Crippen LogP contribution is 2.67. The molecule has 4 aliphatic rings.